The van der Waals surface area contributed by atoms with Gasteiger partial charge in [0.15, 0.2) is 0 Å². The Morgan fingerprint density at radius 2 is 1.87 bits per heavy atom. The fraction of sp³-hybridized carbons (Fsp3) is 0.440. The summed E-state index contributed by atoms with van der Waals surface area (Å²) in [6.45, 7) is 5.10. The van der Waals surface area contributed by atoms with E-state index in [2.05, 4.69) is 19.3 Å². The van der Waals surface area contributed by atoms with Gasteiger partial charge in [0.2, 0.25) is 0 Å². The number of ether oxygens (including phenoxy) is 3. The van der Waals surface area contributed by atoms with Gasteiger partial charge in [-0.3, -0.25) is 10.7 Å². The van der Waals surface area contributed by atoms with E-state index in [1.54, 1.807) is 0 Å². The molecule has 3 rings (SSSR count). The predicted octanol–water partition coefficient (Wildman–Crippen LogP) is 5.69. The van der Waals surface area contributed by atoms with Crippen molar-refractivity contribution in [2.24, 2.45) is 0 Å². The Morgan fingerprint density at radius 3 is 2.55 bits per heavy atom. The third-order valence-electron chi connectivity index (χ3n) is 5.37. The first-order valence-electron chi connectivity index (χ1n) is 11.2. The van der Waals surface area contributed by atoms with Gasteiger partial charge in [0.25, 0.3) is 0 Å². The summed E-state index contributed by atoms with van der Waals surface area (Å²) in [5.74, 6) is 2.19. The largest absolute Gasteiger partial charge is 0.489 e. The minimum atomic E-state index is 0.218. The summed E-state index contributed by atoms with van der Waals surface area (Å²) in [5, 5.41) is 9.01. The van der Waals surface area contributed by atoms with E-state index in [-0.39, 0.29) is 6.10 Å². The first-order chi connectivity index (χ1) is 15.1. The molecule has 0 aliphatic carbocycles. The molecule has 0 bridgehead atoms. The number of nitrogen functional groups attached to an aromatic ring is 1. The molecule has 0 radical (unpaired) electrons. The molecule has 0 atom stereocenters. The lowest BCUT2D eigenvalue weighted by Crippen LogP contribution is -2.17. The number of unbranched alkanes of at least 4 members (excludes halogenated alkanes) is 2. The van der Waals surface area contributed by atoms with E-state index in [0.717, 1.165) is 48.3 Å². The highest BCUT2D eigenvalue weighted by Crippen LogP contribution is 2.31. The lowest BCUT2D eigenvalue weighted by Gasteiger charge is -2.20. The third-order valence-corrected chi connectivity index (χ3v) is 5.37. The Labute approximate surface area is 185 Å². The fourth-order valence-corrected chi connectivity index (χ4v) is 3.57. The van der Waals surface area contributed by atoms with Crippen LogP contribution in [0, 0.1) is 0 Å². The number of benzene rings is 2. The Bertz CT molecular complexity index is 874. The maximum absolute atomic E-state index is 9.01. The van der Waals surface area contributed by atoms with Crippen LogP contribution in [0.15, 0.2) is 42.1 Å². The first kappa shape index (κ1) is 22.8. The van der Waals surface area contributed by atoms with Crippen molar-refractivity contribution in [1.82, 2.24) is 5.48 Å². The van der Waals surface area contributed by atoms with Crippen LogP contribution in [0.4, 0.5) is 5.69 Å². The van der Waals surface area contributed by atoms with E-state index in [9.17, 15) is 0 Å². The second-order valence-corrected chi connectivity index (χ2v) is 7.95. The van der Waals surface area contributed by atoms with Crippen molar-refractivity contribution < 1.29 is 19.4 Å². The van der Waals surface area contributed by atoms with E-state index in [4.69, 9.17) is 25.2 Å². The summed E-state index contributed by atoms with van der Waals surface area (Å²) < 4.78 is 17.8. The number of anilines is 1. The van der Waals surface area contributed by atoms with Crippen molar-refractivity contribution in [3.63, 3.8) is 0 Å². The molecule has 0 unspecified atom stereocenters. The first-order valence-corrected chi connectivity index (χ1v) is 11.2. The minimum Gasteiger partial charge on any atom is -0.489 e. The zero-order valence-electron chi connectivity index (χ0n) is 18.5. The van der Waals surface area contributed by atoms with Crippen LogP contribution in [-0.2, 0) is 6.61 Å². The third kappa shape index (κ3) is 6.56. The number of hydrogen-bond donors (Lipinski definition) is 3. The van der Waals surface area contributed by atoms with Crippen molar-refractivity contribution in [1.29, 1.82) is 0 Å². The van der Waals surface area contributed by atoms with Gasteiger partial charge in [-0.15, -0.1) is 0 Å². The monoisotopic (exact) mass is 426 g/mol. The summed E-state index contributed by atoms with van der Waals surface area (Å²) >= 11 is 0. The number of hydroxylamine groups is 1. The second kappa shape index (κ2) is 11.5. The van der Waals surface area contributed by atoms with E-state index >= 15 is 0 Å². The summed E-state index contributed by atoms with van der Waals surface area (Å²) in [6, 6.07) is 11.5. The number of rotatable bonds is 12. The number of hydrogen-bond acceptors (Lipinski definition) is 6. The van der Waals surface area contributed by atoms with Crippen molar-refractivity contribution in [2.45, 2.75) is 65.1 Å². The Balaban J connectivity index is 1.59. The molecular formula is C25H34N2O4. The van der Waals surface area contributed by atoms with E-state index in [0.29, 0.717) is 30.3 Å². The zero-order chi connectivity index (χ0) is 22.1. The zero-order valence-corrected chi connectivity index (χ0v) is 18.5. The molecule has 4 N–H and O–H groups in total. The van der Waals surface area contributed by atoms with Crippen molar-refractivity contribution in [3.8, 4) is 17.2 Å². The molecule has 1 aliphatic rings. The lowest BCUT2D eigenvalue weighted by molar-refractivity contribution is 0.175. The molecule has 0 amide bonds. The number of nitrogens with one attached hydrogen (secondary N) is 1. The molecule has 0 saturated heterocycles. The summed E-state index contributed by atoms with van der Waals surface area (Å²) in [6.07, 6.45) is 8.85. The molecule has 0 spiro atoms. The standard InChI is InChI=1S/C25H34N2O4/c1-3-5-7-21(8-6-4-2)31-24-12-9-18(13-23(24)26)16-29-22-11-10-19-14-20(27-28)17-30-25(19)15-22/h9-15,21,27-28H,3-8,16-17,26H2,1-2H3. The Kier molecular flexibility index (Phi) is 8.47. The van der Waals surface area contributed by atoms with Crippen LogP contribution in [0.3, 0.4) is 0 Å². The summed E-state index contributed by atoms with van der Waals surface area (Å²) in [7, 11) is 0. The highest BCUT2D eigenvalue weighted by molar-refractivity contribution is 5.63. The molecule has 2 aromatic carbocycles. The lowest BCUT2D eigenvalue weighted by atomic mass is 10.1. The highest BCUT2D eigenvalue weighted by atomic mass is 16.5. The maximum Gasteiger partial charge on any atom is 0.142 e. The van der Waals surface area contributed by atoms with Gasteiger partial charge in [0, 0.05) is 11.6 Å². The Hall–Kier alpha value is -2.86. The van der Waals surface area contributed by atoms with Gasteiger partial charge in [-0.2, -0.15) is 0 Å². The van der Waals surface area contributed by atoms with E-state index in [1.165, 1.54) is 12.8 Å². The minimum absolute atomic E-state index is 0.218. The number of nitrogens with two attached hydrogens (primary N) is 1. The van der Waals surface area contributed by atoms with Crippen LogP contribution < -0.4 is 25.4 Å². The molecule has 6 nitrogen and oxygen atoms in total. The molecule has 0 saturated carbocycles. The molecule has 6 heteroatoms. The van der Waals surface area contributed by atoms with Gasteiger partial charge < -0.3 is 19.9 Å². The van der Waals surface area contributed by atoms with Gasteiger partial charge in [0.05, 0.1) is 17.5 Å². The van der Waals surface area contributed by atoms with Gasteiger partial charge in [-0.05, 0) is 48.7 Å². The summed E-state index contributed by atoms with van der Waals surface area (Å²) in [5.41, 5.74) is 11.5. The molecule has 168 valence electrons. The molecule has 0 fully saturated rings. The van der Waals surface area contributed by atoms with E-state index < -0.39 is 0 Å². The van der Waals surface area contributed by atoms with Crippen molar-refractivity contribution >= 4 is 11.8 Å². The van der Waals surface area contributed by atoms with Gasteiger partial charge >= 0.3 is 0 Å². The van der Waals surface area contributed by atoms with Crippen LogP contribution >= 0.6 is 0 Å². The maximum atomic E-state index is 9.01. The van der Waals surface area contributed by atoms with Gasteiger partial charge in [0.1, 0.15) is 30.5 Å². The van der Waals surface area contributed by atoms with Crippen LogP contribution in [0.25, 0.3) is 6.08 Å². The molecule has 31 heavy (non-hydrogen) atoms. The average molecular weight is 427 g/mol. The van der Waals surface area contributed by atoms with E-state index in [1.807, 2.05) is 42.5 Å². The quantitative estimate of drug-likeness (QED) is 0.299. The highest BCUT2D eigenvalue weighted by Gasteiger charge is 2.14. The molecule has 1 aliphatic heterocycles. The SMILES string of the molecule is CCCCC(CCCC)Oc1ccc(COc2ccc3c(c2)OCC(NO)=C3)cc1N. The van der Waals surface area contributed by atoms with Gasteiger partial charge in [-0.1, -0.05) is 45.6 Å². The smallest absolute Gasteiger partial charge is 0.142 e. The topological polar surface area (TPSA) is 86.0 Å². The predicted molar refractivity (Wildman–Crippen MR) is 123 cm³/mol. The number of fused-ring (bicyclic) bond motifs is 1. The van der Waals surface area contributed by atoms with Crippen molar-refractivity contribution in [3.05, 3.63) is 53.2 Å². The fourth-order valence-electron chi connectivity index (χ4n) is 3.57. The Morgan fingerprint density at radius 1 is 1.10 bits per heavy atom. The summed E-state index contributed by atoms with van der Waals surface area (Å²) in [4.78, 5) is 0. The van der Waals surface area contributed by atoms with Crippen LogP contribution in [0.2, 0.25) is 0 Å². The normalized spacial score (nSPS) is 12.7. The molecule has 1 heterocycles. The van der Waals surface area contributed by atoms with Gasteiger partial charge in [-0.25, -0.2) is 0 Å². The second-order valence-electron chi connectivity index (χ2n) is 7.95. The van der Waals surface area contributed by atoms with Crippen molar-refractivity contribution in [2.75, 3.05) is 12.3 Å². The molecule has 0 aromatic heterocycles. The van der Waals surface area contributed by atoms with Crippen LogP contribution in [-0.4, -0.2) is 17.9 Å². The average Bonchev–Trinajstić information content (AvgIpc) is 2.80. The molecule has 2 aromatic rings. The molecular weight excluding hydrogens is 392 g/mol. The van der Waals surface area contributed by atoms with Crippen LogP contribution in [0.1, 0.15) is 63.5 Å². The van der Waals surface area contributed by atoms with Crippen LogP contribution in [0.5, 0.6) is 17.2 Å².